The summed E-state index contributed by atoms with van der Waals surface area (Å²) in [4.78, 5) is 92.9. The van der Waals surface area contributed by atoms with Crippen LogP contribution in [0.4, 0.5) is 5.82 Å². The van der Waals surface area contributed by atoms with Crippen LogP contribution in [0, 0.1) is 5.41 Å². The molecule has 0 aliphatic carbocycles. The van der Waals surface area contributed by atoms with Crippen LogP contribution in [-0.4, -0.2) is 108 Å². The number of anilines is 1. The van der Waals surface area contributed by atoms with E-state index in [1.54, 1.807) is 13.0 Å². The van der Waals surface area contributed by atoms with Gasteiger partial charge in [-0.25, -0.2) is 23.8 Å². The van der Waals surface area contributed by atoms with Crippen LogP contribution < -0.4 is 31.0 Å². The van der Waals surface area contributed by atoms with Crippen LogP contribution in [-0.2, 0) is 50.7 Å². The van der Waals surface area contributed by atoms with Gasteiger partial charge in [0.25, 0.3) is 7.82 Å². The number of hydrogen-bond donors (Lipinski definition) is 6. The van der Waals surface area contributed by atoms with Crippen molar-refractivity contribution >= 4 is 69.1 Å². The normalized spacial score (nSPS) is 22.4. The van der Waals surface area contributed by atoms with Crippen molar-refractivity contribution in [1.82, 2.24) is 30.2 Å². The number of phosphoric ester groups is 3. The van der Waals surface area contributed by atoms with Gasteiger partial charge in [0, 0.05) is 30.7 Å². The van der Waals surface area contributed by atoms with E-state index < -0.39 is 84.6 Å². The number of ether oxygens (including phenoxy) is 1. The number of aliphatic hydroxyl groups is 2. The number of nitrogen functional groups attached to an aromatic ring is 1. The summed E-state index contributed by atoms with van der Waals surface area (Å²) in [5, 5.41) is 25.9. The number of amides is 2. The summed E-state index contributed by atoms with van der Waals surface area (Å²) in [5.74, 6) is -1.21. The van der Waals surface area contributed by atoms with Crippen LogP contribution in [0.1, 0.15) is 33.4 Å². The molecule has 0 radical (unpaired) electrons. The molecule has 0 spiro atoms. The topological polar surface area (TPSA) is 372 Å². The lowest BCUT2D eigenvalue weighted by Crippen LogP contribution is -2.46. The first kappa shape index (κ1) is 44.7. The number of rotatable bonds is 20. The average Bonchev–Trinajstić information content (AvgIpc) is 3.61. The van der Waals surface area contributed by atoms with Gasteiger partial charge in [-0.05, 0) is 13.0 Å². The van der Waals surface area contributed by atoms with E-state index in [0.717, 1.165) is 29.0 Å². The molecule has 24 nitrogen and oxygen atoms in total. The lowest BCUT2D eigenvalue weighted by Gasteiger charge is -2.34. The van der Waals surface area contributed by atoms with Gasteiger partial charge >= 0.3 is 7.82 Å². The van der Waals surface area contributed by atoms with E-state index >= 15 is 0 Å². The highest BCUT2D eigenvalue weighted by atomic mass is 32.2. The molecule has 3 rings (SSSR count). The van der Waals surface area contributed by atoms with Crippen LogP contribution in [0.5, 0.6) is 0 Å². The molecule has 2 unspecified atom stereocenters. The zero-order valence-corrected chi connectivity index (χ0v) is 31.6. The number of allylic oxidation sites excluding steroid dienone is 1. The minimum absolute atomic E-state index is 0.00948. The molecular weight excluding hydrogens is 795 g/mol. The maximum absolute atomic E-state index is 12.6. The Kier molecular flexibility index (Phi) is 15.8. The van der Waals surface area contributed by atoms with Gasteiger partial charge in [-0.2, -0.15) is 0 Å². The van der Waals surface area contributed by atoms with Gasteiger partial charge in [-0.3, -0.25) is 28.0 Å². The largest absolute Gasteiger partial charge is 0.790 e. The first-order valence-corrected chi connectivity index (χ1v) is 20.6. The Morgan fingerprint density at radius 2 is 1.85 bits per heavy atom. The molecule has 0 saturated carbocycles. The maximum Gasteiger partial charge on any atom is 0.478 e. The second kappa shape index (κ2) is 18.8. The zero-order chi connectivity index (χ0) is 39.8. The third-order valence-corrected chi connectivity index (χ3v) is 10.9. The van der Waals surface area contributed by atoms with E-state index in [2.05, 4.69) is 43.5 Å². The van der Waals surface area contributed by atoms with Crippen molar-refractivity contribution in [1.29, 1.82) is 0 Å². The highest BCUT2D eigenvalue weighted by molar-refractivity contribution is 8.14. The second-order valence-electron chi connectivity index (χ2n) is 11.7. The fourth-order valence-corrected chi connectivity index (χ4v) is 7.86. The van der Waals surface area contributed by atoms with Gasteiger partial charge in [-0.15, -0.1) is 0 Å². The lowest BCUT2D eigenvalue weighted by atomic mass is 9.87. The maximum atomic E-state index is 12.6. The Hall–Kier alpha value is -2.70. The number of nitrogens with two attached hydrogens (primary N) is 1. The first-order chi connectivity index (χ1) is 24.6. The Balaban J connectivity index is 1.52. The summed E-state index contributed by atoms with van der Waals surface area (Å²) in [6, 6.07) is 0. The third-order valence-electron chi connectivity index (χ3n) is 7.03. The molecular formula is C25H37N7O17P3S-3. The third kappa shape index (κ3) is 13.5. The number of hydrogen-bond acceptors (Lipinski definition) is 21. The Morgan fingerprint density at radius 1 is 1.15 bits per heavy atom. The van der Waals surface area contributed by atoms with Crippen LogP contribution in [0.3, 0.4) is 0 Å². The van der Waals surface area contributed by atoms with E-state index in [4.69, 9.17) is 10.5 Å². The molecule has 7 atom stereocenters. The average molecular weight is 833 g/mol. The number of aliphatic hydroxyl groups excluding tert-OH is 2. The Bertz CT molecular complexity index is 1790. The first-order valence-electron chi connectivity index (χ1n) is 15.2. The molecule has 1 aliphatic heterocycles. The molecule has 53 heavy (non-hydrogen) atoms. The van der Waals surface area contributed by atoms with Crippen LogP contribution >= 0.6 is 35.2 Å². The fraction of sp³-hybridized carbons (Fsp3) is 0.600. The zero-order valence-electron chi connectivity index (χ0n) is 28.1. The van der Waals surface area contributed by atoms with E-state index in [0.29, 0.717) is 5.75 Å². The van der Waals surface area contributed by atoms with Crippen molar-refractivity contribution in [2.45, 2.75) is 57.8 Å². The number of carbonyl (C=O) groups is 3. The molecule has 2 aromatic heterocycles. The number of thioether (sulfide) groups is 1. The van der Waals surface area contributed by atoms with E-state index in [1.165, 1.54) is 19.9 Å². The van der Waals surface area contributed by atoms with Gasteiger partial charge in [0.15, 0.2) is 17.7 Å². The second-order valence-corrected chi connectivity index (χ2v) is 16.9. The van der Waals surface area contributed by atoms with Crippen molar-refractivity contribution in [3.8, 4) is 0 Å². The Labute approximate surface area is 305 Å². The summed E-state index contributed by atoms with van der Waals surface area (Å²) in [6.07, 6.45) is -4.47. The number of imidazole rings is 1. The van der Waals surface area contributed by atoms with Gasteiger partial charge < -0.3 is 64.5 Å². The quantitative estimate of drug-likeness (QED) is 0.0450. The molecule has 7 N–H and O–H groups in total. The summed E-state index contributed by atoms with van der Waals surface area (Å²) in [6.45, 7) is 1.90. The van der Waals surface area contributed by atoms with Crippen LogP contribution in [0.15, 0.2) is 24.8 Å². The summed E-state index contributed by atoms with van der Waals surface area (Å²) in [7, 11) is -17.2. The molecule has 0 bridgehead atoms. The molecule has 0 aromatic carbocycles. The predicted molar refractivity (Wildman–Crippen MR) is 175 cm³/mol. The Morgan fingerprint density at radius 3 is 2.51 bits per heavy atom. The minimum atomic E-state index is -5.83. The molecule has 1 aliphatic rings. The van der Waals surface area contributed by atoms with Gasteiger partial charge in [0.05, 0.1) is 27.4 Å². The summed E-state index contributed by atoms with van der Waals surface area (Å²) < 4.78 is 60.8. The van der Waals surface area contributed by atoms with Gasteiger partial charge in [-0.1, -0.05) is 31.7 Å². The fourth-order valence-electron chi connectivity index (χ4n) is 4.45. The van der Waals surface area contributed by atoms with Crippen molar-refractivity contribution in [2.75, 3.05) is 37.8 Å². The highest BCUT2D eigenvalue weighted by Crippen LogP contribution is 2.59. The van der Waals surface area contributed by atoms with Crippen molar-refractivity contribution < 1.29 is 80.5 Å². The van der Waals surface area contributed by atoms with Crippen molar-refractivity contribution in [3.63, 3.8) is 0 Å². The van der Waals surface area contributed by atoms with Gasteiger partial charge in [0.2, 0.25) is 16.9 Å². The number of nitrogens with one attached hydrogen (secondary N) is 2. The summed E-state index contributed by atoms with van der Waals surface area (Å²) >= 11 is 1.000. The number of fused-ring (bicyclic) bond motifs is 1. The van der Waals surface area contributed by atoms with Crippen molar-refractivity contribution in [2.24, 2.45) is 5.41 Å². The molecule has 3 heterocycles. The van der Waals surface area contributed by atoms with E-state index in [9.17, 15) is 57.9 Å². The van der Waals surface area contributed by atoms with Crippen LogP contribution in [0.2, 0.25) is 0 Å². The molecule has 1 fully saturated rings. The SMILES string of the molecule is C/C=C/C(=O)SCCNC(=O)CCNC(=O)[C@H](O)C(C)(C)COP(=O)([O-])OP(=O)(O)OC[C@H]1O[C@@H](n2cnc3c(N)ncnc32)[C@H](O)[C@@H]1OP(=O)([O-])[O-]. The van der Waals surface area contributed by atoms with E-state index in [-0.39, 0.29) is 41.6 Å². The number of carbonyl (C=O) groups excluding carboxylic acids is 3. The molecule has 28 heteroatoms. The van der Waals surface area contributed by atoms with Crippen LogP contribution in [0.25, 0.3) is 11.2 Å². The predicted octanol–water partition coefficient (Wildman–Crippen LogP) is -2.66. The molecule has 1 saturated heterocycles. The smallest absolute Gasteiger partial charge is 0.478 e. The summed E-state index contributed by atoms with van der Waals surface area (Å²) in [5.41, 5.74) is 4.11. The monoisotopic (exact) mass is 832 g/mol. The molecule has 2 amide bonds. The lowest BCUT2D eigenvalue weighted by molar-refractivity contribution is -0.347. The molecule has 298 valence electrons. The van der Waals surface area contributed by atoms with Gasteiger partial charge in [0.1, 0.15) is 36.3 Å². The molecule has 2 aromatic rings. The highest BCUT2D eigenvalue weighted by Gasteiger charge is 2.48. The number of nitrogens with zero attached hydrogens (tertiary/aromatic N) is 4. The van der Waals surface area contributed by atoms with Crippen molar-refractivity contribution in [3.05, 3.63) is 24.8 Å². The minimum Gasteiger partial charge on any atom is -0.790 e. The standard InChI is InChI=1S/C25H40N7O17P3S/c1-4-5-16(34)53-9-8-27-15(33)6-7-28-23(37)20(36)25(2,3)11-46-52(43,44)49-51(41,42)45-10-14-19(48-50(38,39)40)18(35)24(47-14)32-13-31-17-21(26)29-12-30-22(17)32/h4-5,12-14,18-20,24,35-36H,6-11H2,1-3H3,(H,27,33)(H,28,37)(H,41,42)(H,43,44)(H2,26,29,30)(H2,38,39,40)/p-3/b5-4+/t14-,18-,19-,20+,24-/m1/s1. The number of aromatic nitrogens is 4. The van der Waals surface area contributed by atoms with E-state index in [1.807, 2.05) is 0 Å². The number of phosphoric acid groups is 3.